The van der Waals surface area contributed by atoms with Gasteiger partial charge in [0.05, 0.1) is 13.7 Å². The van der Waals surface area contributed by atoms with Crippen LogP contribution in [0.5, 0.6) is 5.75 Å². The monoisotopic (exact) mass is 488 g/mol. The maximum atomic E-state index is 13.4. The number of ether oxygens (including phenoxy) is 1. The number of hydrogen-bond acceptors (Lipinski definition) is 3. The van der Waals surface area contributed by atoms with Crippen molar-refractivity contribution in [2.75, 3.05) is 7.11 Å². The molecule has 0 saturated heterocycles. The van der Waals surface area contributed by atoms with Gasteiger partial charge in [0, 0.05) is 34.6 Å². The van der Waals surface area contributed by atoms with Gasteiger partial charge in [-0.15, -0.1) is 0 Å². The summed E-state index contributed by atoms with van der Waals surface area (Å²) in [5, 5.41) is 4.48. The molecule has 0 aliphatic carbocycles. The van der Waals surface area contributed by atoms with Gasteiger partial charge in [0.1, 0.15) is 5.75 Å². The van der Waals surface area contributed by atoms with Gasteiger partial charge in [-0.25, -0.2) is 0 Å². The zero-order valence-corrected chi connectivity index (χ0v) is 20.9. The Bertz CT molecular complexity index is 1620. The predicted molar refractivity (Wildman–Crippen MR) is 148 cm³/mol. The fraction of sp³-hybridized carbons (Fsp3) is 0.125. The number of carbonyl (C=O) groups is 1. The molecule has 1 amide bonds. The molecule has 5 aromatic rings. The topological polar surface area (TPSA) is 60.3 Å². The van der Waals surface area contributed by atoms with Crippen LogP contribution in [0, 0.1) is 0 Å². The number of aromatic nitrogens is 1. The number of pyridine rings is 1. The highest BCUT2D eigenvalue weighted by Crippen LogP contribution is 2.32. The molecule has 5 rings (SSSR count). The van der Waals surface area contributed by atoms with Crippen LogP contribution < -0.4 is 15.6 Å². The maximum absolute atomic E-state index is 13.4. The van der Waals surface area contributed by atoms with E-state index in [-0.39, 0.29) is 18.0 Å². The van der Waals surface area contributed by atoms with Crippen LogP contribution in [0.25, 0.3) is 21.9 Å². The fourth-order valence-corrected chi connectivity index (χ4v) is 4.77. The molecular formula is C32H28N2O3. The van der Waals surface area contributed by atoms with Crippen molar-refractivity contribution in [3.63, 3.8) is 0 Å². The highest BCUT2D eigenvalue weighted by atomic mass is 16.5. The molecule has 0 aliphatic rings. The number of amides is 1. The molecule has 0 bridgehead atoms. The molecule has 1 aromatic heterocycles. The van der Waals surface area contributed by atoms with Crippen molar-refractivity contribution in [2.24, 2.45) is 7.05 Å². The van der Waals surface area contributed by atoms with Gasteiger partial charge in [-0.2, -0.15) is 0 Å². The fourth-order valence-electron chi connectivity index (χ4n) is 4.77. The third kappa shape index (κ3) is 4.89. The van der Waals surface area contributed by atoms with Crippen molar-refractivity contribution in [2.45, 2.75) is 13.0 Å². The minimum atomic E-state index is -0.177. The molecule has 0 fully saturated rings. The molecule has 0 atom stereocenters. The van der Waals surface area contributed by atoms with Crippen LogP contribution >= 0.6 is 0 Å². The minimum absolute atomic E-state index is 0.119. The Kier molecular flexibility index (Phi) is 6.86. The van der Waals surface area contributed by atoms with Gasteiger partial charge in [-0.1, -0.05) is 78.9 Å². The molecular weight excluding hydrogens is 460 g/mol. The third-order valence-electron chi connectivity index (χ3n) is 6.70. The van der Waals surface area contributed by atoms with Crippen LogP contribution in [0.4, 0.5) is 0 Å². The van der Waals surface area contributed by atoms with Gasteiger partial charge in [0.2, 0.25) is 0 Å². The second-order valence-corrected chi connectivity index (χ2v) is 8.97. The molecule has 37 heavy (non-hydrogen) atoms. The number of fused-ring (bicyclic) bond motifs is 1. The first-order valence-electron chi connectivity index (χ1n) is 12.2. The molecule has 1 N–H and O–H groups in total. The summed E-state index contributed by atoms with van der Waals surface area (Å²) in [5.41, 5.74) is 5.18. The SMILES string of the molecule is COc1ccc2c(=O)n(C)c(CNC(=O)c3ccccc3Cc3ccccc3)c(-c3ccccc3)c2c1. The van der Waals surface area contributed by atoms with Crippen LogP contribution in [-0.2, 0) is 20.0 Å². The number of carbonyl (C=O) groups excluding carboxylic acids is 1. The molecule has 0 radical (unpaired) electrons. The zero-order valence-electron chi connectivity index (χ0n) is 20.9. The van der Waals surface area contributed by atoms with Crippen LogP contribution in [0.3, 0.4) is 0 Å². The van der Waals surface area contributed by atoms with Crippen molar-refractivity contribution in [1.82, 2.24) is 9.88 Å². The number of methoxy groups -OCH3 is 1. The molecule has 184 valence electrons. The number of nitrogens with zero attached hydrogens (tertiary/aromatic N) is 1. The lowest BCUT2D eigenvalue weighted by Gasteiger charge is -2.19. The Labute approximate surface area is 216 Å². The van der Waals surface area contributed by atoms with E-state index >= 15 is 0 Å². The normalized spacial score (nSPS) is 10.9. The number of nitrogens with one attached hydrogen (secondary N) is 1. The lowest BCUT2D eigenvalue weighted by atomic mass is 9.96. The van der Waals surface area contributed by atoms with E-state index in [0.717, 1.165) is 33.3 Å². The molecule has 0 unspecified atom stereocenters. The summed E-state index contributed by atoms with van der Waals surface area (Å²) in [6, 6.07) is 33.1. The summed E-state index contributed by atoms with van der Waals surface area (Å²) in [6.45, 7) is 0.196. The average Bonchev–Trinajstić information content (AvgIpc) is 2.95. The smallest absolute Gasteiger partial charge is 0.258 e. The first-order valence-corrected chi connectivity index (χ1v) is 12.2. The van der Waals surface area contributed by atoms with E-state index in [2.05, 4.69) is 17.4 Å². The van der Waals surface area contributed by atoms with Crippen LogP contribution in [0.2, 0.25) is 0 Å². The summed E-state index contributed by atoms with van der Waals surface area (Å²) in [7, 11) is 3.36. The van der Waals surface area contributed by atoms with E-state index < -0.39 is 0 Å². The van der Waals surface area contributed by atoms with Gasteiger partial charge in [-0.3, -0.25) is 9.59 Å². The highest BCUT2D eigenvalue weighted by Gasteiger charge is 2.19. The molecule has 5 heteroatoms. The summed E-state index contributed by atoms with van der Waals surface area (Å²) >= 11 is 0. The summed E-state index contributed by atoms with van der Waals surface area (Å²) < 4.78 is 7.09. The van der Waals surface area contributed by atoms with Gasteiger partial charge in [0.25, 0.3) is 11.5 Å². The molecule has 0 aliphatic heterocycles. The summed E-state index contributed by atoms with van der Waals surface area (Å²) in [5.74, 6) is 0.492. The van der Waals surface area contributed by atoms with E-state index in [1.165, 1.54) is 0 Å². The Balaban J connectivity index is 1.55. The number of benzene rings is 4. The molecule has 5 nitrogen and oxygen atoms in total. The second-order valence-electron chi connectivity index (χ2n) is 8.97. The Morgan fingerprint density at radius 2 is 1.51 bits per heavy atom. The van der Waals surface area contributed by atoms with Gasteiger partial charge in [0.15, 0.2) is 0 Å². The van der Waals surface area contributed by atoms with Crippen molar-refractivity contribution >= 4 is 16.7 Å². The Morgan fingerprint density at radius 1 is 0.838 bits per heavy atom. The largest absolute Gasteiger partial charge is 0.497 e. The summed E-state index contributed by atoms with van der Waals surface area (Å²) in [6.07, 6.45) is 0.661. The van der Waals surface area contributed by atoms with E-state index in [4.69, 9.17) is 4.74 Å². The van der Waals surface area contributed by atoms with E-state index in [0.29, 0.717) is 23.1 Å². The molecule has 0 saturated carbocycles. The predicted octanol–water partition coefficient (Wildman–Crippen LogP) is 5.73. The van der Waals surface area contributed by atoms with E-state index in [1.54, 1.807) is 30.9 Å². The minimum Gasteiger partial charge on any atom is -0.497 e. The lowest BCUT2D eigenvalue weighted by molar-refractivity contribution is 0.0949. The Morgan fingerprint density at radius 3 is 2.24 bits per heavy atom. The molecule has 0 spiro atoms. The third-order valence-corrected chi connectivity index (χ3v) is 6.70. The highest BCUT2D eigenvalue weighted by molar-refractivity contribution is 5.99. The number of hydrogen-bond donors (Lipinski definition) is 1. The number of rotatable bonds is 7. The van der Waals surface area contributed by atoms with E-state index in [9.17, 15) is 9.59 Å². The average molecular weight is 489 g/mol. The second kappa shape index (κ2) is 10.5. The van der Waals surface area contributed by atoms with E-state index in [1.807, 2.05) is 78.9 Å². The quantitative estimate of drug-likeness (QED) is 0.318. The van der Waals surface area contributed by atoms with Crippen molar-refractivity contribution in [3.05, 3.63) is 136 Å². The van der Waals surface area contributed by atoms with Crippen molar-refractivity contribution < 1.29 is 9.53 Å². The first kappa shape index (κ1) is 24.1. The zero-order chi connectivity index (χ0) is 25.8. The molecule has 4 aromatic carbocycles. The molecule has 1 heterocycles. The van der Waals surface area contributed by atoms with Crippen LogP contribution in [0.1, 0.15) is 27.2 Å². The van der Waals surface area contributed by atoms with Gasteiger partial charge < -0.3 is 14.6 Å². The van der Waals surface area contributed by atoms with Crippen LogP contribution in [0.15, 0.2) is 108 Å². The van der Waals surface area contributed by atoms with Gasteiger partial charge >= 0.3 is 0 Å². The van der Waals surface area contributed by atoms with Crippen LogP contribution in [-0.4, -0.2) is 17.6 Å². The summed E-state index contributed by atoms with van der Waals surface area (Å²) in [4.78, 5) is 26.7. The standard InChI is InChI=1S/C32H28N2O3/c1-34-29(21-33-31(35)26-16-10-9-15-24(26)19-22-11-5-3-6-12-22)30(23-13-7-4-8-14-23)28-20-25(37-2)17-18-27(28)32(34)36/h3-18,20H,19,21H2,1-2H3,(H,33,35). The van der Waals surface area contributed by atoms with Crippen molar-refractivity contribution in [1.29, 1.82) is 0 Å². The Hall–Kier alpha value is -4.64. The first-order chi connectivity index (χ1) is 18.1. The maximum Gasteiger partial charge on any atom is 0.258 e. The van der Waals surface area contributed by atoms with Crippen molar-refractivity contribution in [3.8, 4) is 16.9 Å². The lowest BCUT2D eigenvalue weighted by Crippen LogP contribution is -2.29. The van der Waals surface area contributed by atoms with Gasteiger partial charge in [-0.05, 0) is 47.4 Å².